The number of aryl methyl sites for hydroxylation is 1. The Labute approximate surface area is 134 Å². The molecule has 0 bridgehead atoms. The molecule has 0 aliphatic heterocycles. The lowest BCUT2D eigenvalue weighted by Gasteiger charge is -2.27. The van der Waals surface area contributed by atoms with Crippen molar-refractivity contribution < 1.29 is 0 Å². The summed E-state index contributed by atoms with van der Waals surface area (Å²) in [6.45, 7) is 4.18. The molecule has 0 aliphatic carbocycles. The van der Waals surface area contributed by atoms with Crippen LogP contribution in [0, 0.1) is 0 Å². The average Bonchev–Trinajstić information content (AvgIpc) is 2.39. The quantitative estimate of drug-likeness (QED) is 0.796. The van der Waals surface area contributed by atoms with E-state index in [2.05, 4.69) is 47.1 Å². The maximum Gasteiger partial charge on any atom is 0.0651 e. The first-order chi connectivity index (χ1) is 9.45. The molecule has 2 aromatic rings. The van der Waals surface area contributed by atoms with E-state index in [0.29, 0.717) is 5.02 Å². The molecule has 3 heteroatoms. The molecular weight excluding hydrogens is 334 g/mol. The predicted molar refractivity (Wildman–Crippen MR) is 90.2 cm³/mol. The summed E-state index contributed by atoms with van der Waals surface area (Å²) in [6, 6.07) is 14.3. The second-order valence-electron chi connectivity index (χ2n) is 5.27. The smallest absolute Gasteiger partial charge is 0.0651 e. The van der Waals surface area contributed by atoms with Crippen LogP contribution in [0.15, 0.2) is 46.9 Å². The van der Waals surface area contributed by atoms with E-state index >= 15 is 0 Å². The van der Waals surface area contributed by atoms with Gasteiger partial charge in [-0.2, -0.15) is 0 Å². The van der Waals surface area contributed by atoms with Crippen LogP contribution in [0.3, 0.4) is 0 Å². The zero-order valence-corrected chi connectivity index (χ0v) is 14.1. The van der Waals surface area contributed by atoms with E-state index in [4.69, 9.17) is 17.3 Å². The summed E-state index contributed by atoms with van der Waals surface area (Å²) in [5.41, 5.74) is 9.29. The predicted octanol–water partition coefficient (Wildman–Crippen LogP) is 5.28. The topological polar surface area (TPSA) is 26.0 Å². The first-order valence-electron chi connectivity index (χ1n) is 6.79. The zero-order chi connectivity index (χ0) is 14.8. The van der Waals surface area contributed by atoms with Crippen molar-refractivity contribution in [2.24, 2.45) is 5.73 Å². The van der Waals surface area contributed by atoms with Crippen LogP contribution in [0.1, 0.15) is 37.0 Å². The van der Waals surface area contributed by atoms with Gasteiger partial charge in [0.05, 0.1) is 5.54 Å². The third-order valence-corrected chi connectivity index (χ3v) is 4.39. The molecule has 106 valence electrons. The second-order valence-corrected chi connectivity index (χ2v) is 6.60. The summed E-state index contributed by atoms with van der Waals surface area (Å²) < 4.78 is 0.959. The van der Waals surface area contributed by atoms with Crippen LogP contribution in [0.2, 0.25) is 5.02 Å². The lowest BCUT2D eigenvalue weighted by Crippen LogP contribution is -2.34. The number of nitrogens with two attached hydrogens (primary N) is 1. The number of hydrogen-bond acceptors (Lipinski definition) is 1. The minimum atomic E-state index is -0.595. The fourth-order valence-electron chi connectivity index (χ4n) is 2.37. The van der Waals surface area contributed by atoms with Gasteiger partial charge in [-0.1, -0.05) is 71.2 Å². The summed E-state index contributed by atoms with van der Waals surface area (Å²) in [6.07, 6.45) is 2.25. The van der Waals surface area contributed by atoms with Gasteiger partial charge in [-0.25, -0.2) is 0 Å². The van der Waals surface area contributed by atoms with E-state index in [0.717, 1.165) is 28.4 Å². The number of hydrogen-bond donors (Lipinski definition) is 1. The number of rotatable bonds is 4. The third-order valence-electron chi connectivity index (χ3n) is 3.58. The molecule has 0 saturated carbocycles. The minimum Gasteiger partial charge on any atom is -0.318 e. The van der Waals surface area contributed by atoms with Crippen molar-refractivity contribution in [3.63, 3.8) is 0 Å². The molecule has 0 fully saturated rings. The number of halogens is 2. The Morgan fingerprint density at radius 1 is 1.15 bits per heavy atom. The molecule has 0 radical (unpaired) electrons. The van der Waals surface area contributed by atoms with E-state index in [1.807, 2.05) is 25.1 Å². The molecule has 0 aliphatic rings. The van der Waals surface area contributed by atoms with Gasteiger partial charge < -0.3 is 5.73 Å². The Balaban J connectivity index is 2.38. The largest absolute Gasteiger partial charge is 0.318 e. The fraction of sp³-hybridized carbons (Fsp3) is 0.294. The van der Waals surface area contributed by atoms with Crippen molar-refractivity contribution in [1.82, 2.24) is 0 Å². The highest BCUT2D eigenvalue weighted by Gasteiger charge is 2.26. The molecule has 1 nitrogen and oxygen atoms in total. The van der Waals surface area contributed by atoms with Gasteiger partial charge in [0, 0.05) is 9.50 Å². The van der Waals surface area contributed by atoms with E-state index in [9.17, 15) is 0 Å². The monoisotopic (exact) mass is 351 g/mol. The first-order valence-corrected chi connectivity index (χ1v) is 7.96. The van der Waals surface area contributed by atoms with E-state index in [1.165, 1.54) is 5.56 Å². The van der Waals surface area contributed by atoms with Crippen molar-refractivity contribution in [1.29, 1.82) is 0 Å². The normalized spacial score (nSPS) is 14.1. The summed E-state index contributed by atoms with van der Waals surface area (Å²) >= 11 is 9.76. The first kappa shape index (κ1) is 15.6. The lowest BCUT2D eigenvalue weighted by molar-refractivity contribution is 0.603. The molecule has 1 unspecified atom stereocenters. The molecule has 0 saturated heterocycles. The molecule has 0 spiro atoms. The van der Waals surface area contributed by atoms with Crippen LogP contribution in [0.25, 0.3) is 0 Å². The van der Waals surface area contributed by atoms with Gasteiger partial charge in [0.1, 0.15) is 0 Å². The molecular formula is C17H19BrClN. The zero-order valence-electron chi connectivity index (χ0n) is 11.8. The second kappa shape index (κ2) is 6.30. The van der Waals surface area contributed by atoms with Crippen molar-refractivity contribution >= 4 is 27.5 Å². The summed E-state index contributed by atoms with van der Waals surface area (Å²) in [5, 5.41) is 0.682. The number of benzene rings is 2. The Bertz CT molecular complexity index is 590. The van der Waals surface area contributed by atoms with E-state index < -0.39 is 5.54 Å². The molecule has 0 heterocycles. The molecule has 2 N–H and O–H groups in total. The van der Waals surface area contributed by atoms with Gasteiger partial charge >= 0.3 is 0 Å². The standard InChI is InChI=1S/C17H19BrClN/c1-3-4-12-5-7-13(8-6-12)17(2,20)15-10-9-14(18)11-16(15)19/h5-11H,3-4,20H2,1-2H3. The summed E-state index contributed by atoms with van der Waals surface area (Å²) in [7, 11) is 0. The molecule has 0 amide bonds. The molecule has 2 aromatic carbocycles. The summed E-state index contributed by atoms with van der Waals surface area (Å²) in [5.74, 6) is 0. The molecule has 1 atom stereocenters. The maximum atomic E-state index is 6.53. The maximum absolute atomic E-state index is 6.53. The van der Waals surface area contributed by atoms with Gasteiger partial charge in [0.15, 0.2) is 0 Å². The van der Waals surface area contributed by atoms with Crippen LogP contribution >= 0.6 is 27.5 Å². The van der Waals surface area contributed by atoms with E-state index in [-0.39, 0.29) is 0 Å². The van der Waals surface area contributed by atoms with Gasteiger partial charge in [0.25, 0.3) is 0 Å². The molecule has 20 heavy (non-hydrogen) atoms. The Hall–Kier alpha value is -0.830. The lowest BCUT2D eigenvalue weighted by atomic mass is 9.85. The van der Waals surface area contributed by atoms with Crippen molar-refractivity contribution in [3.05, 3.63) is 68.7 Å². The Kier molecular flexibility index (Phi) is 4.90. The fourth-order valence-corrected chi connectivity index (χ4v) is 3.24. The molecule has 0 aromatic heterocycles. The van der Waals surface area contributed by atoms with Crippen LogP contribution in [0.4, 0.5) is 0 Å². The van der Waals surface area contributed by atoms with Crippen LogP contribution in [-0.4, -0.2) is 0 Å². The van der Waals surface area contributed by atoms with Crippen LogP contribution in [-0.2, 0) is 12.0 Å². The average molecular weight is 353 g/mol. The minimum absolute atomic E-state index is 0.595. The van der Waals surface area contributed by atoms with Crippen LogP contribution in [0.5, 0.6) is 0 Å². The van der Waals surface area contributed by atoms with Crippen molar-refractivity contribution in [3.8, 4) is 0 Å². The van der Waals surface area contributed by atoms with Gasteiger partial charge in [0.2, 0.25) is 0 Å². The highest BCUT2D eigenvalue weighted by molar-refractivity contribution is 9.10. The van der Waals surface area contributed by atoms with Gasteiger partial charge in [-0.05, 0) is 42.2 Å². The highest BCUT2D eigenvalue weighted by Crippen LogP contribution is 2.33. The van der Waals surface area contributed by atoms with Crippen LogP contribution < -0.4 is 5.73 Å². The van der Waals surface area contributed by atoms with Crippen molar-refractivity contribution in [2.45, 2.75) is 32.2 Å². The van der Waals surface area contributed by atoms with Gasteiger partial charge in [-0.15, -0.1) is 0 Å². The Morgan fingerprint density at radius 3 is 2.35 bits per heavy atom. The molecule has 2 rings (SSSR count). The van der Waals surface area contributed by atoms with E-state index in [1.54, 1.807) is 0 Å². The third kappa shape index (κ3) is 3.25. The summed E-state index contributed by atoms with van der Waals surface area (Å²) in [4.78, 5) is 0. The SMILES string of the molecule is CCCc1ccc(C(C)(N)c2ccc(Br)cc2Cl)cc1. The van der Waals surface area contributed by atoms with Gasteiger partial charge in [-0.3, -0.25) is 0 Å². The highest BCUT2D eigenvalue weighted by atomic mass is 79.9. The van der Waals surface area contributed by atoms with Crippen molar-refractivity contribution in [2.75, 3.05) is 0 Å². The Morgan fingerprint density at radius 2 is 1.80 bits per heavy atom.